The summed E-state index contributed by atoms with van der Waals surface area (Å²) < 4.78 is 24.7. The Hall–Kier alpha value is -1.69. The van der Waals surface area contributed by atoms with Crippen molar-refractivity contribution in [2.24, 2.45) is 0 Å². The van der Waals surface area contributed by atoms with E-state index in [1.165, 1.54) is 6.07 Å². The van der Waals surface area contributed by atoms with Crippen molar-refractivity contribution in [1.29, 1.82) is 0 Å². The lowest BCUT2D eigenvalue weighted by Crippen LogP contribution is -2.16. The van der Waals surface area contributed by atoms with Crippen LogP contribution in [0, 0.1) is 18.2 Å². The molecule has 1 aromatic carbocycles. The Labute approximate surface area is 101 Å². The molecular formula is C14H15FO2. The molecule has 0 aromatic heterocycles. The van der Waals surface area contributed by atoms with Crippen molar-refractivity contribution in [1.82, 2.24) is 0 Å². The maximum absolute atomic E-state index is 13.9. The maximum Gasteiger partial charge on any atom is 0.164 e. The lowest BCUT2D eigenvalue weighted by molar-refractivity contribution is 0.170. The van der Waals surface area contributed by atoms with Gasteiger partial charge in [-0.25, -0.2) is 4.39 Å². The van der Waals surface area contributed by atoms with Gasteiger partial charge in [0, 0.05) is 12.5 Å². The van der Waals surface area contributed by atoms with Crippen LogP contribution in [0.2, 0.25) is 0 Å². The van der Waals surface area contributed by atoms with E-state index < -0.39 is 0 Å². The summed E-state index contributed by atoms with van der Waals surface area (Å²) in [7, 11) is 0. The van der Waals surface area contributed by atoms with Gasteiger partial charge in [0.2, 0.25) is 0 Å². The molecule has 0 bridgehead atoms. The average molecular weight is 234 g/mol. The highest BCUT2D eigenvalue weighted by molar-refractivity contribution is 5.45. The molecule has 0 amide bonds. The highest BCUT2D eigenvalue weighted by Gasteiger charge is 2.20. The van der Waals surface area contributed by atoms with Crippen molar-refractivity contribution in [3.63, 3.8) is 0 Å². The van der Waals surface area contributed by atoms with Crippen LogP contribution in [0.3, 0.4) is 0 Å². The van der Waals surface area contributed by atoms with E-state index >= 15 is 0 Å². The summed E-state index contributed by atoms with van der Waals surface area (Å²) in [4.78, 5) is 0. The minimum Gasteiger partial charge on any atom is -0.486 e. The van der Waals surface area contributed by atoms with Gasteiger partial charge in [0.1, 0.15) is 19.0 Å². The molecule has 0 aliphatic carbocycles. The molecule has 0 radical (unpaired) electrons. The minimum absolute atomic E-state index is 0.0378. The number of hydrogen-bond acceptors (Lipinski definition) is 2. The molecule has 0 saturated carbocycles. The van der Waals surface area contributed by atoms with Crippen LogP contribution < -0.4 is 9.47 Å². The number of hydrogen-bond donors (Lipinski definition) is 0. The highest BCUT2D eigenvalue weighted by atomic mass is 19.1. The van der Waals surface area contributed by atoms with E-state index in [2.05, 4.69) is 5.92 Å². The first kappa shape index (κ1) is 11.8. The molecule has 1 aromatic rings. The van der Waals surface area contributed by atoms with Gasteiger partial charge in [-0.2, -0.15) is 0 Å². The number of terminal acetylenes is 1. The van der Waals surface area contributed by atoms with Crippen molar-refractivity contribution >= 4 is 0 Å². The summed E-state index contributed by atoms with van der Waals surface area (Å²) >= 11 is 0. The zero-order valence-electron chi connectivity index (χ0n) is 9.83. The van der Waals surface area contributed by atoms with E-state index in [9.17, 15) is 4.39 Å². The van der Waals surface area contributed by atoms with Gasteiger partial charge < -0.3 is 9.47 Å². The Bertz CT molecular complexity index is 448. The summed E-state index contributed by atoms with van der Waals surface area (Å²) in [6, 6.07) is 3.11. The van der Waals surface area contributed by atoms with Crippen LogP contribution in [-0.2, 0) is 0 Å². The monoisotopic (exact) mass is 234 g/mol. The van der Waals surface area contributed by atoms with Gasteiger partial charge in [0.15, 0.2) is 11.5 Å². The first-order valence-electron chi connectivity index (χ1n) is 5.78. The summed E-state index contributed by atoms with van der Waals surface area (Å²) in [5.74, 6) is 3.45. The van der Waals surface area contributed by atoms with Crippen LogP contribution in [0.1, 0.15) is 31.2 Å². The molecule has 2 rings (SSSR count). The van der Waals surface area contributed by atoms with Crippen LogP contribution in [0.5, 0.6) is 11.5 Å². The van der Waals surface area contributed by atoms with E-state index in [0.717, 1.165) is 6.42 Å². The molecule has 2 nitrogen and oxygen atoms in total. The number of fused-ring (bicyclic) bond motifs is 1. The Kier molecular flexibility index (Phi) is 3.53. The standard InChI is InChI=1S/C14H15FO2/c1-3-5-10(4-2)11-8-13-14(9-12(11)15)17-7-6-16-13/h1,8-10H,4-7H2,2H3. The molecule has 3 heteroatoms. The lowest BCUT2D eigenvalue weighted by atomic mass is 9.92. The fraction of sp³-hybridized carbons (Fsp3) is 0.429. The van der Waals surface area contributed by atoms with Crippen molar-refractivity contribution in [2.45, 2.75) is 25.7 Å². The van der Waals surface area contributed by atoms with Gasteiger partial charge in [0.05, 0.1) is 0 Å². The van der Waals surface area contributed by atoms with Crippen LogP contribution in [0.25, 0.3) is 0 Å². The van der Waals surface area contributed by atoms with Gasteiger partial charge in [-0.3, -0.25) is 0 Å². The fourth-order valence-corrected chi connectivity index (χ4v) is 2.01. The Morgan fingerprint density at radius 1 is 1.35 bits per heavy atom. The fourth-order valence-electron chi connectivity index (χ4n) is 2.01. The van der Waals surface area contributed by atoms with Gasteiger partial charge in [0.25, 0.3) is 0 Å². The summed E-state index contributed by atoms with van der Waals surface area (Å²) in [6.45, 7) is 2.97. The Morgan fingerprint density at radius 3 is 2.59 bits per heavy atom. The van der Waals surface area contributed by atoms with E-state index in [4.69, 9.17) is 15.9 Å². The molecule has 0 spiro atoms. The summed E-state index contributed by atoms with van der Waals surface area (Å²) in [5.41, 5.74) is 0.620. The predicted molar refractivity (Wildman–Crippen MR) is 63.9 cm³/mol. The number of ether oxygens (including phenoxy) is 2. The largest absolute Gasteiger partial charge is 0.486 e. The number of benzene rings is 1. The molecule has 0 saturated heterocycles. The third-order valence-electron chi connectivity index (χ3n) is 2.96. The van der Waals surface area contributed by atoms with Crippen molar-refractivity contribution in [3.05, 3.63) is 23.5 Å². The van der Waals surface area contributed by atoms with Gasteiger partial charge in [-0.15, -0.1) is 12.3 Å². The molecule has 0 N–H and O–H groups in total. The zero-order valence-corrected chi connectivity index (χ0v) is 9.83. The van der Waals surface area contributed by atoms with Crippen LogP contribution in [0.4, 0.5) is 4.39 Å². The number of halogens is 1. The molecule has 1 heterocycles. The molecular weight excluding hydrogens is 219 g/mol. The quantitative estimate of drug-likeness (QED) is 0.748. The van der Waals surface area contributed by atoms with Gasteiger partial charge >= 0.3 is 0 Å². The zero-order chi connectivity index (χ0) is 12.3. The van der Waals surface area contributed by atoms with E-state index in [0.29, 0.717) is 36.7 Å². The second-order valence-corrected chi connectivity index (χ2v) is 4.03. The third kappa shape index (κ3) is 2.36. The first-order chi connectivity index (χ1) is 8.26. The molecule has 1 aliphatic heterocycles. The van der Waals surface area contributed by atoms with Gasteiger partial charge in [-0.1, -0.05) is 6.92 Å². The second kappa shape index (κ2) is 5.09. The second-order valence-electron chi connectivity index (χ2n) is 4.03. The molecule has 1 unspecified atom stereocenters. The van der Waals surface area contributed by atoms with Crippen molar-refractivity contribution < 1.29 is 13.9 Å². The smallest absolute Gasteiger partial charge is 0.164 e. The first-order valence-corrected chi connectivity index (χ1v) is 5.78. The molecule has 17 heavy (non-hydrogen) atoms. The molecule has 0 fully saturated rings. The molecule has 1 atom stereocenters. The lowest BCUT2D eigenvalue weighted by Gasteiger charge is -2.21. The van der Waals surface area contributed by atoms with Crippen molar-refractivity contribution in [3.8, 4) is 23.8 Å². The van der Waals surface area contributed by atoms with Crippen LogP contribution in [-0.4, -0.2) is 13.2 Å². The molecule has 1 aliphatic rings. The normalized spacial score (nSPS) is 15.1. The van der Waals surface area contributed by atoms with E-state index in [1.807, 2.05) is 6.92 Å². The SMILES string of the molecule is C#CCC(CC)c1cc2c(cc1F)OCCO2. The Balaban J connectivity index is 2.37. The minimum atomic E-state index is -0.267. The Morgan fingerprint density at radius 2 is 2.00 bits per heavy atom. The van der Waals surface area contributed by atoms with Gasteiger partial charge in [-0.05, 0) is 24.0 Å². The summed E-state index contributed by atoms with van der Waals surface area (Å²) in [5, 5.41) is 0. The third-order valence-corrected chi connectivity index (χ3v) is 2.96. The summed E-state index contributed by atoms with van der Waals surface area (Å²) in [6.07, 6.45) is 6.64. The predicted octanol–water partition coefficient (Wildman–Crippen LogP) is 3.11. The van der Waals surface area contributed by atoms with E-state index in [-0.39, 0.29) is 11.7 Å². The average Bonchev–Trinajstić information content (AvgIpc) is 2.35. The topological polar surface area (TPSA) is 18.5 Å². The highest BCUT2D eigenvalue weighted by Crippen LogP contribution is 2.36. The van der Waals surface area contributed by atoms with E-state index in [1.54, 1.807) is 6.07 Å². The molecule has 90 valence electrons. The number of rotatable bonds is 3. The van der Waals surface area contributed by atoms with Crippen LogP contribution in [0.15, 0.2) is 12.1 Å². The van der Waals surface area contributed by atoms with Crippen LogP contribution >= 0.6 is 0 Å². The van der Waals surface area contributed by atoms with Crippen molar-refractivity contribution in [2.75, 3.05) is 13.2 Å². The maximum atomic E-state index is 13.9.